The van der Waals surface area contributed by atoms with Crippen molar-refractivity contribution in [1.82, 2.24) is 15.2 Å². The summed E-state index contributed by atoms with van der Waals surface area (Å²) in [6.45, 7) is 3.56. The Bertz CT molecular complexity index is 748. The number of hydrogen-bond acceptors (Lipinski definition) is 5. The van der Waals surface area contributed by atoms with E-state index in [0.29, 0.717) is 24.7 Å². The molecule has 1 aromatic carbocycles. The van der Waals surface area contributed by atoms with E-state index < -0.39 is 0 Å². The molecular formula is C21H28N4O2. The number of carbonyl (C=O) groups excluding carboxylic acids is 1. The Morgan fingerprint density at radius 3 is 2.89 bits per heavy atom. The van der Waals surface area contributed by atoms with E-state index in [1.54, 1.807) is 13.3 Å². The SMILES string of the molecule is COc1ccc(CC(=O)NCC2CCCN(Cc3cccnc3N)C2)cc1. The standard InChI is InChI=1S/C21H28N4O2/c1-27-19-8-6-16(7-9-19)12-20(26)24-13-17-4-3-11-25(14-17)15-18-5-2-10-23-21(18)22/h2,5-10,17H,3-4,11-15H2,1H3,(H2,22,23)(H,24,26). The number of anilines is 1. The lowest BCUT2D eigenvalue weighted by Crippen LogP contribution is -2.41. The molecule has 6 heteroatoms. The average molecular weight is 368 g/mol. The topological polar surface area (TPSA) is 80.5 Å². The molecule has 3 N–H and O–H groups in total. The summed E-state index contributed by atoms with van der Waals surface area (Å²) >= 11 is 0. The number of nitrogen functional groups attached to an aromatic ring is 1. The summed E-state index contributed by atoms with van der Waals surface area (Å²) in [5.74, 6) is 1.94. The minimum atomic E-state index is 0.0637. The highest BCUT2D eigenvalue weighted by atomic mass is 16.5. The molecular weight excluding hydrogens is 340 g/mol. The maximum absolute atomic E-state index is 12.2. The number of benzene rings is 1. The van der Waals surface area contributed by atoms with Crippen molar-refractivity contribution in [3.8, 4) is 5.75 Å². The van der Waals surface area contributed by atoms with Gasteiger partial charge in [0.25, 0.3) is 0 Å². The fourth-order valence-corrected chi connectivity index (χ4v) is 3.54. The fourth-order valence-electron chi connectivity index (χ4n) is 3.54. The summed E-state index contributed by atoms with van der Waals surface area (Å²) < 4.78 is 5.14. The molecule has 1 fully saturated rings. The van der Waals surface area contributed by atoms with Gasteiger partial charge in [-0.1, -0.05) is 18.2 Å². The first-order valence-corrected chi connectivity index (χ1v) is 9.45. The van der Waals surface area contributed by atoms with Gasteiger partial charge >= 0.3 is 0 Å². The second kappa shape index (κ2) is 9.37. The van der Waals surface area contributed by atoms with Gasteiger partial charge in [0.15, 0.2) is 0 Å². The molecule has 0 aliphatic carbocycles. The summed E-state index contributed by atoms with van der Waals surface area (Å²) in [6, 6.07) is 11.6. The van der Waals surface area contributed by atoms with Crippen LogP contribution < -0.4 is 15.8 Å². The smallest absolute Gasteiger partial charge is 0.224 e. The summed E-state index contributed by atoms with van der Waals surface area (Å²) in [4.78, 5) is 18.8. The van der Waals surface area contributed by atoms with E-state index in [2.05, 4.69) is 15.2 Å². The van der Waals surface area contributed by atoms with Gasteiger partial charge in [0.05, 0.1) is 13.5 Å². The summed E-state index contributed by atoms with van der Waals surface area (Å²) in [6.07, 6.45) is 4.39. The number of methoxy groups -OCH3 is 1. The lowest BCUT2D eigenvalue weighted by Gasteiger charge is -2.33. The van der Waals surface area contributed by atoms with Gasteiger partial charge in [-0.25, -0.2) is 4.98 Å². The van der Waals surface area contributed by atoms with Crippen molar-refractivity contribution in [3.05, 3.63) is 53.7 Å². The molecule has 0 spiro atoms. The number of amides is 1. The van der Waals surface area contributed by atoms with Crippen LogP contribution in [0, 0.1) is 5.92 Å². The quantitative estimate of drug-likeness (QED) is 0.783. The second-order valence-electron chi connectivity index (χ2n) is 7.12. The first-order valence-electron chi connectivity index (χ1n) is 9.45. The zero-order valence-corrected chi connectivity index (χ0v) is 15.9. The summed E-state index contributed by atoms with van der Waals surface area (Å²) in [5.41, 5.74) is 8.02. The predicted octanol–water partition coefficient (Wildman–Crippen LogP) is 2.24. The van der Waals surface area contributed by atoms with Crippen LogP contribution in [0.5, 0.6) is 5.75 Å². The number of nitrogens with zero attached hydrogens (tertiary/aromatic N) is 2. The number of pyridine rings is 1. The lowest BCUT2D eigenvalue weighted by atomic mass is 9.97. The summed E-state index contributed by atoms with van der Waals surface area (Å²) in [7, 11) is 1.64. The van der Waals surface area contributed by atoms with E-state index in [-0.39, 0.29) is 5.91 Å². The van der Waals surface area contributed by atoms with Crippen molar-refractivity contribution >= 4 is 11.7 Å². The molecule has 0 bridgehead atoms. The van der Waals surface area contributed by atoms with Gasteiger partial charge in [-0.3, -0.25) is 9.69 Å². The van der Waals surface area contributed by atoms with Gasteiger partial charge in [-0.2, -0.15) is 0 Å². The molecule has 1 atom stereocenters. The second-order valence-corrected chi connectivity index (χ2v) is 7.12. The van der Waals surface area contributed by atoms with Crippen LogP contribution in [-0.2, 0) is 17.8 Å². The number of ether oxygens (including phenoxy) is 1. The average Bonchev–Trinajstić information content (AvgIpc) is 2.69. The molecule has 1 saturated heterocycles. The number of aromatic nitrogens is 1. The van der Waals surface area contributed by atoms with E-state index in [4.69, 9.17) is 10.5 Å². The van der Waals surface area contributed by atoms with E-state index in [9.17, 15) is 4.79 Å². The van der Waals surface area contributed by atoms with E-state index in [0.717, 1.165) is 49.4 Å². The molecule has 1 aromatic heterocycles. The molecule has 1 unspecified atom stereocenters. The molecule has 1 aliphatic heterocycles. The Hall–Kier alpha value is -2.60. The number of likely N-dealkylation sites (tertiary alicyclic amines) is 1. The van der Waals surface area contributed by atoms with Crippen LogP contribution in [0.1, 0.15) is 24.0 Å². The monoisotopic (exact) mass is 368 g/mol. The number of carbonyl (C=O) groups is 1. The Morgan fingerprint density at radius 1 is 1.33 bits per heavy atom. The highest BCUT2D eigenvalue weighted by Gasteiger charge is 2.21. The van der Waals surface area contributed by atoms with Gasteiger partial charge in [0.1, 0.15) is 11.6 Å². The maximum atomic E-state index is 12.2. The van der Waals surface area contributed by atoms with Crippen LogP contribution >= 0.6 is 0 Å². The normalized spacial score (nSPS) is 17.4. The molecule has 6 nitrogen and oxygen atoms in total. The molecule has 1 amide bonds. The lowest BCUT2D eigenvalue weighted by molar-refractivity contribution is -0.120. The highest BCUT2D eigenvalue weighted by Crippen LogP contribution is 2.19. The molecule has 2 aromatic rings. The van der Waals surface area contributed by atoms with Crippen molar-refractivity contribution in [2.75, 3.05) is 32.5 Å². The van der Waals surface area contributed by atoms with Crippen molar-refractivity contribution in [3.63, 3.8) is 0 Å². The molecule has 144 valence electrons. The van der Waals surface area contributed by atoms with Gasteiger partial charge in [0.2, 0.25) is 5.91 Å². The van der Waals surface area contributed by atoms with Crippen molar-refractivity contribution in [2.24, 2.45) is 5.92 Å². The first kappa shape index (κ1) is 19.2. The van der Waals surface area contributed by atoms with E-state index in [1.165, 1.54) is 0 Å². The molecule has 0 saturated carbocycles. The molecule has 3 rings (SSSR count). The van der Waals surface area contributed by atoms with Crippen LogP contribution in [0.4, 0.5) is 5.82 Å². The van der Waals surface area contributed by atoms with Crippen molar-refractivity contribution in [2.45, 2.75) is 25.8 Å². The van der Waals surface area contributed by atoms with Crippen LogP contribution in [-0.4, -0.2) is 42.5 Å². The van der Waals surface area contributed by atoms with Gasteiger partial charge in [0, 0.05) is 31.4 Å². The minimum Gasteiger partial charge on any atom is -0.497 e. The zero-order chi connectivity index (χ0) is 19.1. The van der Waals surface area contributed by atoms with Gasteiger partial charge < -0.3 is 15.8 Å². The molecule has 2 heterocycles. The molecule has 27 heavy (non-hydrogen) atoms. The van der Waals surface area contributed by atoms with E-state index >= 15 is 0 Å². The number of rotatable bonds is 7. The Kier molecular flexibility index (Phi) is 6.65. The Labute approximate surface area is 160 Å². The van der Waals surface area contributed by atoms with Crippen LogP contribution in [0.25, 0.3) is 0 Å². The summed E-state index contributed by atoms with van der Waals surface area (Å²) in [5, 5.41) is 3.09. The van der Waals surface area contributed by atoms with Gasteiger partial charge in [-0.05, 0) is 49.1 Å². The van der Waals surface area contributed by atoms with Crippen molar-refractivity contribution in [1.29, 1.82) is 0 Å². The number of nitrogens with two attached hydrogens (primary N) is 1. The minimum absolute atomic E-state index is 0.0637. The Morgan fingerprint density at radius 2 is 2.15 bits per heavy atom. The van der Waals surface area contributed by atoms with Gasteiger partial charge in [-0.15, -0.1) is 0 Å². The fraction of sp³-hybridized carbons (Fsp3) is 0.429. The zero-order valence-electron chi connectivity index (χ0n) is 15.9. The highest BCUT2D eigenvalue weighted by molar-refractivity contribution is 5.78. The number of nitrogens with one attached hydrogen (secondary N) is 1. The van der Waals surface area contributed by atoms with Crippen LogP contribution in [0.15, 0.2) is 42.6 Å². The predicted molar refractivity (Wildman–Crippen MR) is 106 cm³/mol. The van der Waals surface area contributed by atoms with Crippen LogP contribution in [0.3, 0.4) is 0 Å². The molecule has 1 aliphatic rings. The number of hydrogen-bond donors (Lipinski definition) is 2. The number of piperidine rings is 1. The van der Waals surface area contributed by atoms with E-state index in [1.807, 2.05) is 36.4 Å². The third-order valence-corrected chi connectivity index (χ3v) is 5.03. The maximum Gasteiger partial charge on any atom is 0.224 e. The third kappa shape index (κ3) is 5.69. The van der Waals surface area contributed by atoms with Crippen molar-refractivity contribution < 1.29 is 9.53 Å². The molecule has 0 radical (unpaired) electrons. The largest absolute Gasteiger partial charge is 0.497 e. The first-order chi connectivity index (χ1) is 13.1. The Balaban J connectivity index is 1.44. The van der Waals surface area contributed by atoms with Crippen LogP contribution in [0.2, 0.25) is 0 Å². The third-order valence-electron chi connectivity index (χ3n) is 5.03.